The number of imide groups is 3. The standard InChI is InChI=1S/C16H15NO4/c1-7-6-9(8-2-3-8)4-5-10(7)11-12-13(11)15(19)17(14(12)18)16(20)21/h4-6,8,11-13H,2-3H2,1H3,(H,20,21)/t11-,12-,13+. The van der Waals surface area contributed by atoms with Crippen molar-refractivity contribution in [2.24, 2.45) is 11.8 Å². The Bertz CT molecular complexity index is 670. The largest absolute Gasteiger partial charge is 0.464 e. The number of benzene rings is 1. The molecule has 1 saturated heterocycles. The molecule has 3 fully saturated rings. The average molecular weight is 285 g/mol. The van der Waals surface area contributed by atoms with Gasteiger partial charge in [0.15, 0.2) is 0 Å². The maximum absolute atomic E-state index is 12.0. The van der Waals surface area contributed by atoms with Gasteiger partial charge in [0, 0.05) is 5.92 Å². The first kappa shape index (κ1) is 12.6. The maximum atomic E-state index is 12.0. The Hall–Kier alpha value is -2.17. The van der Waals surface area contributed by atoms with Crippen molar-refractivity contribution in [3.63, 3.8) is 0 Å². The highest BCUT2D eigenvalue weighted by Crippen LogP contribution is 2.60. The van der Waals surface area contributed by atoms with Gasteiger partial charge in [0.2, 0.25) is 11.8 Å². The second-order valence-corrected chi connectivity index (χ2v) is 6.26. The minimum absolute atomic E-state index is 0.131. The molecule has 4 rings (SSSR count). The first-order chi connectivity index (χ1) is 10.0. The molecular formula is C16H15NO4. The van der Waals surface area contributed by atoms with E-state index in [-0.39, 0.29) is 5.92 Å². The number of nitrogens with zero attached hydrogens (tertiary/aromatic N) is 1. The fraction of sp³-hybridized carbons (Fsp3) is 0.438. The summed E-state index contributed by atoms with van der Waals surface area (Å²) < 4.78 is 0. The summed E-state index contributed by atoms with van der Waals surface area (Å²) in [6.45, 7) is 2.00. The second-order valence-electron chi connectivity index (χ2n) is 6.26. The van der Waals surface area contributed by atoms with Crippen LogP contribution in [0.25, 0.3) is 0 Å². The molecule has 3 amide bonds. The predicted octanol–water partition coefficient (Wildman–Crippen LogP) is 2.25. The Morgan fingerprint density at radius 1 is 1.14 bits per heavy atom. The van der Waals surface area contributed by atoms with Gasteiger partial charge in [0.05, 0.1) is 11.8 Å². The normalized spacial score (nSPS) is 30.5. The van der Waals surface area contributed by atoms with Crippen molar-refractivity contribution in [2.75, 3.05) is 0 Å². The third-order valence-corrected chi connectivity index (χ3v) is 4.92. The number of piperidine rings is 1. The van der Waals surface area contributed by atoms with Crippen molar-refractivity contribution in [1.82, 2.24) is 4.90 Å². The fourth-order valence-corrected chi connectivity index (χ4v) is 3.65. The van der Waals surface area contributed by atoms with E-state index in [0.29, 0.717) is 10.8 Å². The van der Waals surface area contributed by atoms with Gasteiger partial charge in [-0.1, -0.05) is 18.2 Å². The van der Waals surface area contributed by atoms with Crippen molar-refractivity contribution in [2.45, 2.75) is 31.6 Å². The summed E-state index contributed by atoms with van der Waals surface area (Å²) in [5.41, 5.74) is 3.44. The van der Waals surface area contributed by atoms with Crippen LogP contribution in [0, 0.1) is 18.8 Å². The molecule has 1 N–H and O–H groups in total. The Morgan fingerprint density at radius 3 is 2.24 bits per heavy atom. The highest BCUT2D eigenvalue weighted by molar-refractivity contribution is 6.19. The summed E-state index contributed by atoms with van der Waals surface area (Å²) in [7, 11) is 0. The summed E-state index contributed by atoms with van der Waals surface area (Å²) >= 11 is 0. The molecule has 0 radical (unpaired) electrons. The van der Waals surface area contributed by atoms with Crippen molar-refractivity contribution >= 4 is 17.9 Å². The molecule has 5 nitrogen and oxygen atoms in total. The molecule has 2 saturated carbocycles. The number of carboxylic acid groups (broad SMARTS) is 1. The lowest BCUT2D eigenvalue weighted by molar-refractivity contribution is -0.138. The molecule has 108 valence electrons. The summed E-state index contributed by atoms with van der Waals surface area (Å²) in [5.74, 6) is -1.53. The monoisotopic (exact) mass is 285 g/mol. The quantitative estimate of drug-likeness (QED) is 0.846. The minimum atomic E-state index is -1.46. The number of hydrogen-bond acceptors (Lipinski definition) is 3. The fourth-order valence-electron chi connectivity index (χ4n) is 3.65. The third kappa shape index (κ3) is 1.66. The number of aryl methyl sites for hydroxylation is 1. The average Bonchev–Trinajstić information content (AvgIpc) is 3.31. The zero-order valence-electron chi connectivity index (χ0n) is 11.6. The van der Waals surface area contributed by atoms with Crippen LogP contribution in [-0.2, 0) is 9.59 Å². The molecule has 21 heavy (non-hydrogen) atoms. The smallest absolute Gasteiger partial charge is 0.421 e. The first-order valence-corrected chi connectivity index (χ1v) is 7.22. The van der Waals surface area contributed by atoms with Gasteiger partial charge >= 0.3 is 6.09 Å². The molecule has 5 heteroatoms. The molecule has 0 bridgehead atoms. The van der Waals surface area contributed by atoms with E-state index in [2.05, 4.69) is 12.1 Å². The van der Waals surface area contributed by atoms with Gasteiger partial charge in [-0.25, -0.2) is 4.79 Å². The summed E-state index contributed by atoms with van der Waals surface area (Å²) in [6, 6.07) is 6.24. The Balaban J connectivity index is 1.62. The van der Waals surface area contributed by atoms with Crippen LogP contribution in [0.4, 0.5) is 4.79 Å². The molecule has 0 spiro atoms. The van der Waals surface area contributed by atoms with Crippen LogP contribution >= 0.6 is 0 Å². The molecule has 1 heterocycles. The first-order valence-electron chi connectivity index (χ1n) is 7.22. The predicted molar refractivity (Wildman–Crippen MR) is 72.8 cm³/mol. The van der Waals surface area contributed by atoms with Gasteiger partial charge in [-0.2, -0.15) is 4.90 Å². The molecule has 0 aromatic heterocycles. The highest BCUT2D eigenvalue weighted by atomic mass is 16.4. The van der Waals surface area contributed by atoms with Crippen LogP contribution in [0.15, 0.2) is 18.2 Å². The van der Waals surface area contributed by atoms with Crippen molar-refractivity contribution < 1.29 is 19.5 Å². The van der Waals surface area contributed by atoms with E-state index in [4.69, 9.17) is 5.11 Å². The van der Waals surface area contributed by atoms with Gasteiger partial charge in [0.25, 0.3) is 0 Å². The van der Waals surface area contributed by atoms with Crippen LogP contribution in [0.2, 0.25) is 0 Å². The molecule has 0 unspecified atom stereocenters. The van der Waals surface area contributed by atoms with Gasteiger partial charge in [0.1, 0.15) is 0 Å². The van der Waals surface area contributed by atoms with Crippen molar-refractivity contribution in [1.29, 1.82) is 0 Å². The zero-order chi connectivity index (χ0) is 14.9. The lowest BCUT2D eigenvalue weighted by atomic mass is 9.97. The van der Waals surface area contributed by atoms with E-state index in [9.17, 15) is 14.4 Å². The summed E-state index contributed by atoms with van der Waals surface area (Å²) in [4.78, 5) is 35.3. The summed E-state index contributed by atoms with van der Waals surface area (Å²) in [5, 5.41) is 8.89. The van der Waals surface area contributed by atoms with E-state index < -0.39 is 29.7 Å². The number of amides is 3. The number of carbonyl (C=O) groups excluding carboxylic acids is 2. The van der Waals surface area contributed by atoms with Crippen LogP contribution in [0.3, 0.4) is 0 Å². The van der Waals surface area contributed by atoms with Crippen LogP contribution in [0.5, 0.6) is 0 Å². The summed E-state index contributed by atoms with van der Waals surface area (Å²) in [6.07, 6.45) is 1.01. The second kappa shape index (κ2) is 3.93. The molecule has 1 aromatic rings. The number of fused-ring (bicyclic) bond motifs is 1. The van der Waals surface area contributed by atoms with Crippen LogP contribution in [-0.4, -0.2) is 27.9 Å². The van der Waals surface area contributed by atoms with E-state index >= 15 is 0 Å². The zero-order valence-corrected chi connectivity index (χ0v) is 11.6. The molecular weight excluding hydrogens is 270 g/mol. The van der Waals surface area contributed by atoms with E-state index in [0.717, 1.165) is 11.1 Å². The molecule has 1 aliphatic heterocycles. The molecule has 3 atom stereocenters. The van der Waals surface area contributed by atoms with Crippen molar-refractivity contribution in [3.8, 4) is 0 Å². The van der Waals surface area contributed by atoms with Gasteiger partial charge in [-0.15, -0.1) is 0 Å². The van der Waals surface area contributed by atoms with E-state index in [1.54, 1.807) is 0 Å². The van der Waals surface area contributed by atoms with Gasteiger partial charge in [-0.3, -0.25) is 9.59 Å². The van der Waals surface area contributed by atoms with Gasteiger partial charge in [-0.05, 0) is 42.4 Å². The number of likely N-dealkylation sites (tertiary alicyclic amines) is 1. The van der Waals surface area contributed by atoms with Crippen LogP contribution in [0.1, 0.15) is 41.4 Å². The Morgan fingerprint density at radius 2 is 1.76 bits per heavy atom. The SMILES string of the molecule is Cc1cc(C2CC2)ccc1[C@H]1[C@@H]2C(=O)N(C(=O)O)C(=O)[C@@H]21. The maximum Gasteiger partial charge on any atom is 0.421 e. The van der Waals surface area contributed by atoms with Gasteiger partial charge < -0.3 is 5.11 Å². The number of rotatable bonds is 2. The highest BCUT2D eigenvalue weighted by Gasteiger charge is 2.69. The van der Waals surface area contributed by atoms with Crippen LogP contribution < -0.4 is 0 Å². The minimum Gasteiger partial charge on any atom is -0.464 e. The number of hydrogen-bond donors (Lipinski definition) is 1. The lowest BCUT2D eigenvalue weighted by Crippen LogP contribution is -2.38. The van der Waals surface area contributed by atoms with Crippen molar-refractivity contribution in [3.05, 3.63) is 34.9 Å². The topological polar surface area (TPSA) is 74.7 Å². The van der Waals surface area contributed by atoms with E-state index in [1.165, 1.54) is 18.4 Å². The molecule has 1 aromatic carbocycles. The number of carbonyl (C=O) groups is 3. The third-order valence-electron chi connectivity index (χ3n) is 4.92. The molecule has 2 aliphatic carbocycles. The lowest BCUT2D eigenvalue weighted by Gasteiger charge is -2.14. The Kier molecular flexibility index (Phi) is 2.35. The van der Waals surface area contributed by atoms with E-state index in [1.807, 2.05) is 13.0 Å². The molecule has 3 aliphatic rings. The Labute approximate surface area is 121 Å².